The van der Waals surface area contributed by atoms with Gasteiger partial charge in [0, 0.05) is 36.3 Å². The van der Waals surface area contributed by atoms with Crippen LogP contribution in [0.4, 0.5) is 23.7 Å². The Hall–Kier alpha value is -3.21. The minimum atomic E-state index is -4.25. The Labute approximate surface area is 181 Å². The van der Waals surface area contributed by atoms with Crippen LogP contribution < -0.4 is 5.32 Å². The van der Waals surface area contributed by atoms with E-state index in [1.165, 1.54) is 4.90 Å². The molecule has 1 fully saturated rings. The number of H-pyrrole nitrogens is 1. The zero-order valence-electron chi connectivity index (χ0n) is 17.4. The molecule has 32 heavy (non-hydrogen) atoms. The summed E-state index contributed by atoms with van der Waals surface area (Å²) < 4.78 is 38.8. The van der Waals surface area contributed by atoms with Gasteiger partial charge in [0.05, 0.1) is 30.5 Å². The summed E-state index contributed by atoms with van der Waals surface area (Å²) in [6, 6.07) is 5.06. The molecule has 5 rings (SSSR count). The van der Waals surface area contributed by atoms with Gasteiger partial charge in [-0.3, -0.25) is 10.00 Å². The van der Waals surface area contributed by atoms with Gasteiger partial charge in [-0.05, 0) is 29.7 Å². The number of hydrogen-bond donors (Lipinski definition) is 2. The minimum Gasteiger partial charge on any atom is -0.316 e. The van der Waals surface area contributed by atoms with Crippen molar-refractivity contribution in [2.75, 3.05) is 25.0 Å². The Morgan fingerprint density at radius 2 is 2.06 bits per heavy atom. The summed E-state index contributed by atoms with van der Waals surface area (Å²) in [5.41, 5.74) is 3.89. The van der Waals surface area contributed by atoms with Crippen molar-refractivity contribution in [3.63, 3.8) is 0 Å². The molecular formula is C21H22F3N7O. The van der Waals surface area contributed by atoms with Crippen LogP contribution in [0.5, 0.6) is 0 Å². The summed E-state index contributed by atoms with van der Waals surface area (Å²) in [6.07, 6.45) is -0.332. The van der Waals surface area contributed by atoms with Crippen molar-refractivity contribution in [3.05, 3.63) is 36.2 Å². The molecular weight excluding hydrogens is 423 g/mol. The first-order valence-electron chi connectivity index (χ1n) is 10.5. The summed E-state index contributed by atoms with van der Waals surface area (Å²) in [7, 11) is 0. The molecule has 1 aromatic carbocycles. The van der Waals surface area contributed by atoms with Gasteiger partial charge in [0.1, 0.15) is 5.69 Å². The monoisotopic (exact) mass is 445 g/mol. The Kier molecular flexibility index (Phi) is 5.00. The van der Waals surface area contributed by atoms with Crippen LogP contribution >= 0.6 is 0 Å². The van der Waals surface area contributed by atoms with Gasteiger partial charge < -0.3 is 10.2 Å². The van der Waals surface area contributed by atoms with Gasteiger partial charge in [-0.1, -0.05) is 13.3 Å². The molecule has 2 aromatic heterocycles. The zero-order chi connectivity index (χ0) is 22.5. The summed E-state index contributed by atoms with van der Waals surface area (Å²) in [5.74, 6) is -0.0132. The number of carbonyl (C=O) groups is 1. The number of nitrogens with one attached hydrogen (secondary N) is 2. The lowest BCUT2D eigenvalue weighted by Crippen LogP contribution is -2.49. The first kappa shape index (κ1) is 20.7. The molecule has 0 spiro atoms. The average Bonchev–Trinajstić information content (AvgIpc) is 3.34. The number of carbonyl (C=O) groups excluding carboxylic acids is 1. The van der Waals surface area contributed by atoms with Crippen LogP contribution in [0.15, 0.2) is 30.6 Å². The van der Waals surface area contributed by atoms with E-state index in [2.05, 4.69) is 25.7 Å². The molecule has 4 heterocycles. The normalized spacial score (nSPS) is 21.8. The largest absolute Gasteiger partial charge is 0.401 e. The number of alkyl halides is 3. The van der Waals surface area contributed by atoms with E-state index >= 15 is 0 Å². The van der Waals surface area contributed by atoms with Crippen LogP contribution in [-0.4, -0.2) is 68.1 Å². The first-order chi connectivity index (χ1) is 15.3. The van der Waals surface area contributed by atoms with Gasteiger partial charge in [0.15, 0.2) is 0 Å². The van der Waals surface area contributed by atoms with Crippen molar-refractivity contribution in [1.82, 2.24) is 30.2 Å². The van der Waals surface area contributed by atoms with E-state index in [-0.39, 0.29) is 24.5 Å². The van der Waals surface area contributed by atoms with E-state index in [1.807, 2.05) is 25.1 Å². The molecule has 3 aromatic rings. The number of amides is 2. The van der Waals surface area contributed by atoms with E-state index < -0.39 is 12.7 Å². The third-order valence-corrected chi connectivity index (χ3v) is 6.30. The lowest BCUT2D eigenvalue weighted by molar-refractivity contribution is -0.144. The third kappa shape index (κ3) is 3.77. The molecule has 2 aliphatic heterocycles. The number of aromatic nitrogens is 4. The minimum absolute atomic E-state index is 0.0132. The first-order valence-corrected chi connectivity index (χ1v) is 10.5. The second-order valence-corrected chi connectivity index (χ2v) is 8.36. The molecule has 0 aliphatic carbocycles. The van der Waals surface area contributed by atoms with Crippen molar-refractivity contribution in [1.29, 1.82) is 0 Å². The highest BCUT2D eigenvalue weighted by Crippen LogP contribution is 2.36. The number of hydrogen-bond acceptors (Lipinski definition) is 5. The summed E-state index contributed by atoms with van der Waals surface area (Å²) >= 11 is 0. The van der Waals surface area contributed by atoms with Crippen LogP contribution in [0.1, 0.15) is 18.9 Å². The van der Waals surface area contributed by atoms with Gasteiger partial charge >= 0.3 is 12.2 Å². The van der Waals surface area contributed by atoms with Gasteiger partial charge in [-0.25, -0.2) is 4.79 Å². The van der Waals surface area contributed by atoms with Gasteiger partial charge in [0.2, 0.25) is 0 Å². The van der Waals surface area contributed by atoms with Gasteiger partial charge in [0.25, 0.3) is 0 Å². The fourth-order valence-corrected chi connectivity index (χ4v) is 4.80. The second-order valence-electron chi connectivity index (χ2n) is 8.36. The zero-order valence-corrected chi connectivity index (χ0v) is 17.4. The van der Waals surface area contributed by atoms with Gasteiger partial charge in [-0.15, -0.1) is 0 Å². The third-order valence-electron chi connectivity index (χ3n) is 6.30. The number of aromatic amines is 1. The molecule has 0 bridgehead atoms. The van der Waals surface area contributed by atoms with E-state index in [4.69, 9.17) is 0 Å². The smallest absolute Gasteiger partial charge is 0.316 e. The molecule has 2 aliphatic rings. The van der Waals surface area contributed by atoms with Crippen molar-refractivity contribution in [3.8, 4) is 11.3 Å². The van der Waals surface area contributed by atoms with Crippen LogP contribution in [0.25, 0.3) is 22.2 Å². The van der Waals surface area contributed by atoms with Crippen molar-refractivity contribution >= 4 is 22.6 Å². The van der Waals surface area contributed by atoms with E-state index in [1.54, 1.807) is 17.3 Å². The van der Waals surface area contributed by atoms with Crippen LogP contribution in [0, 0.1) is 5.92 Å². The molecule has 11 heteroatoms. The van der Waals surface area contributed by atoms with E-state index in [9.17, 15) is 18.0 Å². The van der Waals surface area contributed by atoms with Crippen molar-refractivity contribution < 1.29 is 18.0 Å². The lowest BCUT2D eigenvalue weighted by Gasteiger charge is -2.36. The number of likely N-dealkylation sites (tertiary alicyclic amines) is 1. The second kappa shape index (κ2) is 7.73. The summed E-state index contributed by atoms with van der Waals surface area (Å²) in [4.78, 5) is 16.0. The molecule has 0 radical (unpaired) electrons. The molecule has 168 valence electrons. The fourth-order valence-electron chi connectivity index (χ4n) is 4.80. The predicted molar refractivity (Wildman–Crippen MR) is 112 cm³/mol. The van der Waals surface area contributed by atoms with E-state index in [0.29, 0.717) is 25.2 Å². The van der Waals surface area contributed by atoms with E-state index in [0.717, 1.165) is 27.7 Å². The molecule has 0 saturated carbocycles. The maximum absolute atomic E-state index is 12.9. The molecule has 2 N–H and O–H groups in total. The number of rotatable bonds is 4. The number of fused-ring (bicyclic) bond motifs is 2. The maximum Gasteiger partial charge on any atom is 0.401 e. The Bertz CT molecular complexity index is 1150. The molecule has 2 atom stereocenters. The quantitative estimate of drug-likeness (QED) is 0.640. The lowest BCUT2D eigenvalue weighted by atomic mass is 9.97. The maximum atomic E-state index is 12.9. The topological polar surface area (TPSA) is 90.0 Å². The Morgan fingerprint density at radius 1 is 1.22 bits per heavy atom. The number of anilines is 1. The van der Waals surface area contributed by atoms with Crippen molar-refractivity contribution in [2.45, 2.75) is 32.1 Å². The summed E-state index contributed by atoms with van der Waals surface area (Å²) in [6.45, 7) is 1.87. The SMILES string of the molecule is CCC1CN(CC(F)(F)F)CC1N1Cc2cc3c(-c4ccnnc4)n[nH]c3cc2NC1=O. The fraction of sp³-hybridized carbons (Fsp3) is 0.429. The number of urea groups is 1. The highest BCUT2D eigenvalue weighted by molar-refractivity contribution is 6.00. The van der Waals surface area contributed by atoms with Crippen LogP contribution in [-0.2, 0) is 6.54 Å². The molecule has 8 nitrogen and oxygen atoms in total. The Balaban J connectivity index is 1.45. The highest BCUT2D eigenvalue weighted by Gasteiger charge is 2.43. The molecule has 2 amide bonds. The van der Waals surface area contributed by atoms with Crippen LogP contribution in [0.3, 0.4) is 0 Å². The standard InChI is InChI=1S/C21H22F3N7O/c1-2-12-8-30(11-21(22,23)24)10-18(12)31-9-14-5-15-17(6-16(14)27-20(31)32)28-29-19(15)13-3-4-25-26-7-13/h3-7,12,18H,2,8-11H2,1H3,(H,27,32)(H,28,29). The molecule has 2 unspecified atom stereocenters. The van der Waals surface area contributed by atoms with Crippen molar-refractivity contribution in [2.24, 2.45) is 5.92 Å². The number of halogens is 3. The number of benzene rings is 1. The Morgan fingerprint density at radius 3 is 2.78 bits per heavy atom. The predicted octanol–water partition coefficient (Wildman–Crippen LogP) is 3.64. The van der Waals surface area contributed by atoms with Gasteiger partial charge in [-0.2, -0.15) is 28.5 Å². The van der Waals surface area contributed by atoms with Crippen LogP contribution in [0.2, 0.25) is 0 Å². The average molecular weight is 445 g/mol. The highest BCUT2D eigenvalue weighted by atomic mass is 19.4. The number of nitrogens with zero attached hydrogens (tertiary/aromatic N) is 5. The summed E-state index contributed by atoms with van der Waals surface area (Å²) in [5, 5.41) is 18.9. The molecule has 1 saturated heterocycles.